The molecule has 5 nitrogen and oxygen atoms in total. The Morgan fingerprint density at radius 3 is 2.88 bits per heavy atom. The zero-order chi connectivity index (χ0) is 16.8. The number of hydrogen-bond donors (Lipinski definition) is 2. The van der Waals surface area contributed by atoms with E-state index in [0.29, 0.717) is 24.9 Å². The third-order valence-corrected chi connectivity index (χ3v) is 5.23. The van der Waals surface area contributed by atoms with Crippen LogP contribution in [0.1, 0.15) is 34.6 Å². The van der Waals surface area contributed by atoms with Crippen molar-refractivity contribution in [1.29, 1.82) is 0 Å². The number of nitrogens with zero attached hydrogens (tertiary/aromatic N) is 2. The average molecular weight is 345 g/mol. The van der Waals surface area contributed by atoms with Gasteiger partial charge < -0.3 is 10.4 Å². The molecule has 0 unspecified atom stereocenters. The van der Waals surface area contributed by atoms with Gasteiger partial charge >= 0.3 is 0 Å². The Morgan fingerprint density at radius 2 is 2.12 bits per heavy atom. The van der Waals surface area contributed by atoms with Crippen LogP contribution in [0.2, 0.25) is 0 Å². The zero-order valence-corrected chi connectivity index (χ0v) is 14.5. The molecule has 1 atom stereocenters. The highest BCUT2D eigenvalue weighted by molar-refractivity contribution is 7.09. The van der Waals surface area contributed by atoms with Gasteiger partial charge in [0.2, 0.25) is 0 Å². The first kappa shape index (κ1) is 17.1. The monoisotopic (exact) mass is 345 g/mol. The highest BCUT2D eigenvalue weighted by Crippen LogP contribution is 2.23. The Morgan fingerprint density at radius 1 is 1.29 bits per heavy atom. The number of hydrogen-bond acceptors (Lipinski definition) is 5. The van der Waals surface area contributed by atoms with Crippen LogP contribution in [0.4, 0.5) is 0 Å². The molecule has 2 heterocycles. The minimum Gasteiger partial charge on any atom is -0.388 e. The van der Waals surface area contributed by atoms with E-state index in [9.17, 15) is 9.90 Å². The molecule has 24 heavy (non-hydrogen) atoms. The molecular formula is C18H23N3O2S. The quantitative estimate of drug-likeness (QED) is 0.873. The molecule has 1 aromatic heterocycles. The minimum atomic E-state index is -0.831. The summed E-state index contributed by atoms with van der Waals surface area (Å²) in [5, 5.41) is 16.8. The first-order chi connectivity index (χ1) is 11.6. The highest BCUT2D eigenvalue weighted by Gasteiger charge is 2.30. The van der Waals surface area contributed by atoms with E-state index in [-0.39, 0.29) is 5.91 Å². The first-order valence-corrected chi connectivity index (χ1v) is 9.19. The summed E-state index contributed by atoms with van der Waals surface area (Å²) in [7, 11) is 0. The number of nitrogens with one attached hydrogen (secondary N) is 1. The third kappa shape index (κ3) is 4.63. The van der Waals surface area contributed by atoms with Gasteiger partial charge in [-0.15, -0.1) is 11.3 Å². The molecule has 0 spiro atoms. The van der Waals surface area contributed by atoms with Crippen molar-refractivity contribution < 1.29 is 9.90 Å². The number of rotatable bonds is 5. The van der Waals surface area contributed by atoms with Gasteiger partial charge in [-0.2, -0.15) is 0 Å². The van der Waals surface area contributed by atoms with Crippen LogP contribution < -0.4 is 5.32 Å². The van der Waals surface area contributed by atoms with E-state index in [4.69, 9.17) is 0 Å². The van der Waals surface area contributed by atoms with E-state index < -0.39 is 5.60 Å². The maximum atomic E-state index is 12.2. The third-order valence-electron chi connectivity index (χ3n) is 4.47. The van der Waals surface area contributed by atoms with Gasteiger partial charge in [0.05, 0.1) is 12.1 Å². The summed E-state index contributed by atoms with van der Waals surface area (Å²) < 4.78 is 0. The number of amides is 1. The fourth-order valence-electron chi connectivity index (χ4n) is 3.03. The van der Waals surface area contributed by atoms with Crippen molar-refractivity contribution in [3.05, 3.63) is 52.5 Å². The lowest BCUT2D eigenvalue weighted by atomic mass is 9.95. The van der Waals surface area contributed by atoms with Gasteiger partial charge in [-0.1, -0.05) is 18.2 Å². The molecule has 128 valence electrons. The van der Waals surface area contributed by atoms with Crippen LogP contribution in [0.3, 0.4) is 0 Å². The Balaban J connectivity index is 1.51. The summed E-state index contributed by atoms with van der Waals surface area (Å²) >= 11 is 1.66. The van der Waals surface area contributed by atoms with Crippen LogP contribution in [-0.2, 0) is 6.54 Å². The number of aromatic nitrogens is 1. The molecule has 6 heteroatoms. The molecule has 0 saturated carbocycles. The summed E-state index contributed by atoms with van der Waals surface area (Å²) in [5.41, 5.74) is -0.206. The van der Waals surface area contributed by atoms with Crippen molar-refractivity contribution >= 4 is 17.2 Å². The topological polar surface area (TPSA) is 65.5 Å². The predicted octanol–water partition coefficient (Wildman–Crippen LogP) is 2.29. The molecule has 1 amide bonds. The normalized spacial score (nSPS) is 22.0. The minimum absolute atomic E-state index is 0.132. The van der Waals surface area contributed by atoms with E-state index in [2.05, 4.69) is 15.2 Å². The summed E-state index contributed by atoms with van der Waals surface area (Å²) in [6.45, 7) is 2.90. The molecule has 2 aromatic rings. The van der Waals surface area contributed by atoms with E-state index >= 15 is 0 Å². The van der Waals surface area contributed by atoms with Crippen molar-refractivity contribution in [2.75, 3.05) is 19.6 Å². The number of thiazole rings is 1. The van der Waals surface area contributed by atoms with Gasteiger partial charge in [0.15, 0.2) is 0 Å². The number of carbonyl (C=O) groups excluding carboxylic acids is 1. The SMILES string of the molecule is O=C(NC[C@]1(O)CCCN(Cc2nccs2)CC1)c1ccccc1. The molecule has 3 rings (SSSR count). The van der Waals surface area contributed by atoms with E-state index in [1.807, 2.05) is 29.8 Å². The Bertz CT molecular complexity index is 648. The average Bonchev–Trinajstić information content (AvgIpc) is 3.04. The highest BCUT2D eigenvalue weighted by atomic mass is 32.1. The van der Waals surface area contributed by atoms with Crippen molar-refractivity contribution in [3.8, 4) is 0 Å². The molecule has 1 saturated heterocycles. The first-order valence-electron chi connectivity index (χ1n) is 8.31. The lowest BCUT2D eigenvalue weighted by molar-refractivity contribution is 0.0248. The molecule has 1 aromatic carbocycles. The van der Waals surface area contributed by atoms with Crippen molar-refractivity contribution in [2.45, 2.75) is 31.4 Å². The second kappa shape index (κ2) is 7.88. The van der Waals surface area contributed by atoms with Gasteiger partial charge in [-0.05, 0) is 37.9 Å². The summed E-state index contributed by atoms with van der Waals surface area (Å²) in [5.74, 6) is -0.132. The molecule has 1 fully saturated rings. The van der Waals surface area contributed by atoms with Gasteiger partial charge in [-0.3, -0.25) is 9.69 Å². The van der Waals surface area contributed by atoms with Gasteiger partial charge in [-0.25, -0.2) is 4.98 Å². The maximum Gasteiger partial charge on any atom is 0.251 e. The fourth-order valence-corrected chi connectivity index (χ4v) is 3.69. The lowest BCUT2D eigenvalue weighted by Crippen LogP contribution is -2.43. The molecule has 0 radical (unpaired) electrons. The van der Waals surface area contributed by atoms with Crippen LogP contribution in [0.15, 0.2) is 41.9 Å². The molecule has 0 aliphatic carbocycles. The fraction of sp³-hybridized carbons (Fsp3) is 0.444. The van der Waals surface area contributed by atoms with Crippen LogP contribution in [0, 0.1) is 0 Å². The van der Waals surface area contributed by atoms with Crippen molar-refractivity contribution in [1.82, 2.24) is 15.2 Å². The van der Waals surface area contributed by atoms with Crippen LogP contribution >= 0.6 is 11.3 Å². The van der Waals surface area contributed by atoms with Gasteiger partial charge in [0.1, 0.15) is 5.01 Å². The van der Waals surface area contributed by atoms with Crippen molar-refractivity contribution in [3.63, 3.8) is 0 Å². The lowest BCUT2D eigenvalue weighted by Gasteiger charge is -2.27. The summed E-state index contributed by atoms with van der Waals surface area (Å²) in [6.07, 6.45) is 4.11. The Labute approximate surface area is 146 Å². The largest absolute Gasteiger partial charge is 0.388 e. The van der Waals surface area contributed by atoms with E-state index in [1.165, 1.54) is 0 Å². The van der Waals surface area contributed by atoms with Crippen LogP contribution in [-0.4, -0.2) is 46.1 Å². The number of benzene rings is 1. The van der Waals surface area contributed by atoms with Gasteiger partial charge in [0, 0.05) is 30.2 Å². The van der Waals surface area contributed by atoms with Crippen LogP contribution in [0.25, 0.3) is 0 Å². The number of carbonyl (C=O) groups is 1. The molecule has 2 N–H and O–H groups in total. The standard InChI is InChI=1S/C18H23N3O2S/c22-17(15-5-2-1-3-6-15)20-14-18(23)7-4-10-21(11-8-18)13-16-19-9-12-24-16/h1-3,5-6,9,12,23H,4,7-8,10-11,13-14H2,(H,20,22)/t18-/m0/s1. The zero-order valence-electron chi connectivity index (χ0n) is 13.6. The Kier molecular flexibility index (Phi) is 5.60. The number of likely N-dealkylation sites (tertiary alicyclic amines) is 1. The summed E-state index contributed by atoms with van der Waals surface area (Å²) in [6, 6.07) is 9.12. The Hall–Kier alpha value is -1.76. The predicted molar refractivity (Wildman–Crippen MR) is 95.0 cm³/mol. The smallest absolute Gasteiger partial charge is 0.251 e. The van der Waals surface area contributed by atoms with E-state index in [0.717, 1.165) is 31.1 Å². The second-order valence-electron chi connectivity index (χ2n) is 6.33. The summed E-state index contributed by atoms with van der Waals surface area (Å²) in [4.78, 5) is 18.8. The molecule has 1 aliphatic rings. The number of aliphatic hydroxyl groups is 1. The van der Waals surface area contributed by atoms with Gasteiger partial charge in [0.25, 0.3) is 5.91 Å². The molecular weight excluding hydrogens is 322 g/mol. The van der Waals surface area contributed by atoms with Crippen molar-refractivity contribution in [2.24, 2.45) is 0 Å². The van der Waals surface area contributed by atoms with Crippen LogP contribution in [0.5, 0.6) is 0 Å². The second-order valence-corrected chi connectivity index (χ2v) is 7.31. The maximum absolute atomic E-state index is 12.2. The molecule has 1 aliphatic heterocycles. The molecule has 0 bridgehead atoms. The van der Waals surface area contributed by atoms with E-state index in [1.54, 1.807) is 23.5 Å².